The molecule has 0 saturated heterocycles. The Hall–Kier alpha value is -1.60. The zero-order valence-corrected chi connectivity index (χ0v) is 11.8. The first-order valence-electron chi connectivity index (χ1n) is 5.89. The first-order chi connectivity index (χ1) is 8.78. The molecule has 19 heavy (non-hydrogen) atoms. The van der Waals surface area contributed by atoms with E-state index in [9.17, 15) is 13.2 Å². The van der Waals surface area contributed by atoms with Crippen molar-refractivity contribution in [3.63, 3.8) is 0 Å². The Morgan fingerprint density at radius 1 is 1.32 bits per heavy atom. The summed E-state index contributed by atoms with van der Waals surface area (Å²) < 4.78 is 26.1. The first-order valence-corrected chi connectivity index (χ1v) is 7.55. The van der Waals surface area contributed by atoms with E-state index in [1.807, 2.05) is 0 Å². The van der Waals surface area contributed by atoms with Crippen molar-refractivity contribution >= 4 is 16.1 Å². The summed E-state index contributed by atoms with van der Waals surface area (Å²) >= 11 is 0. The number of amides is 2. The van der Waals surface area contributed by atoms with E-state index in [1.54, 1.807) is 38.1 Å². The highest BCUT2D eigenvalue weighted by Gasteiger charge is 2.13. The number of nitrogens with two attached hydrogens (primary N) is 1. The third-order valence-electron chi connectivity index (χ3n) is 2.23. The van der Waals surface area contributed by atoms with Crippen molar-refractivity contribution in [2.24, 2.45) is 5.73 Å². The molecule has 0 atom stereocenters. The summed E-state index contributed by atoms with van der Waals surface area (Å²) in [5, 5.41) is 2.46. The van der Waals surface area contributed by atoms with E-state index in [0.29, 0.717) is 5.56 Å². The van der Waals surface area contributed by atoms with Crippen molar-refractivity contribution < 1.29 is 13.2 Å². The zero-order valence-electron chi connectivity index (χ0n) is 11.0. The Morgan fingerprint density at radius 2 is 1.95 bits per heavy atom. The fourth-order valence-electron chi connectivity index (χ4n) is 1.64. The predicted octanol–water partition coefficient (Wildman–Crippen LogP) is 0.683. The minimum atomic E-state index is -3.34. The average molecular weight is 285 g/mol. The number of hydrogen-bond donors (Lipinski definition) is 3. The van der Waals surface area contributed by atoms with Crippen LogP contribution in [-0.4, -0.2) is 20.5 Å². The molecule has 0 saturated carbocycles. The molecule has 2 amide bonds. The minimum Gasteiger partial charge on any atom is -0.352 e. The lowest BCUT2D eigenvalue weighted by molar-refractivity contribution is 0.248. The molecule has 1 rings (SSSR count). The summed E-state index contributed by atoms with van der Waals surface area (Å²) in [6, 6.07) is 6.26. The predicted molar refractivity (Wildman–Crippen MR) is 73.8 cm³/mol. The monoisotopic (exact) mass is 285 g/mol. The van der Waals surface area contributed by atoms with Gasteiger partial charge in [0.2, 0.25) is 10.0 Å². The van der Waals surface area contributed by atoms with E-state index in [1.165, 1.54) is 0 Å². The Balaban J connectivity index is 2.74. The van der Waals surface area contributed by atoms with Crippen molar-refractivity contribution in [1.82, 2.24) is 10.0 Å². The van der Waals surface area contributed by atoms with Crippen molar-refractivity contribution in [3.8, 4) is 0 Å². The van der Waals surface area contributed by atoms with Gasteiger partial charge in [-0.15, -0.1) is 0 Å². The molecule has 1 aromatic carbocycles. The van der Waals surface area contributed by atoms with Gasteiger partial charge >= 0.3 is 6.03 Å². The summed E-state index contributed by atoms with van der Waals surface area (Å²) in [6.07, 6.45) is 0. The lowest BCUT2D eigenvalue weighted by atomic mass is 10.1. The van der Waals surface area contributed by atoms with Gasteiger partial charge < -0.3 is 11.1 Å². The van der Waals surface area contributed by atoms with Crippen LogP contribution in [0.5, 0.6) is 0 Å². The molecule has 106 valence electrons. The number of benzene rings is 1. The SMILES string of the molecule is CC(C)NS(=O)(=O)Cc1cccc(CNC(N)=O)c1. The fourth-order valence-corrected chi connectivity index (χ4v) is 3.06. The number of nitrogens with one attached hydrogen (secondary N) is 2. The molecule has 0 aromatic heterocycles. The van der Waals surface area contributed by atoms with E-state index in [0.717, 1.165) is 5.56 Å². The smallest absolute Gasteiger partial charge is 0.312 e. The first kappa shape index (κ1) is 15.5. The third-order valence-corrected chi connectivity index (χ3v) is 3.77. The zero-order chi connectivity index (χ0) is 14.5. The second-order valence-corrected chi connectivity index (χ2v) is 6.32. The molecule has 4 N–H and O–H groups in total. The molecule has 0 unspecified atom stereocenters. The van der Waals surface area contributed by atoms with Gasteiger partial charge in [-0.1, -0.05) is 24.3 Å². The van der Waals surface area contributed by atoms with Gasteiger partial charge in [0, 0.05) is 12.6 Å². The molecular formula is C12H19N3O3S. The lowest BCUT2D eigenvalue weighted by Gasteiger charge is -2.10. The van der Waals surface area contributed by atoms with Crippen molar-refractivity contribution in [3.05, 3.63) is 35.4 Å². The Bertz CT molecular complexity index is 541. The number of sulfonamides is 1. The standard InChI is InChI=1S/C12H19N3O3S/c1-9(2)15-19(17,18)8-11-5-3-4-10(6-11)7-14-12(13)16/h3-6,9,15H,7-8H2,1-2H3,(H3,13,14,16). The third kappa shape index (κ3) is 6.21. The van der Waals surface area contributed by atoms with Crippen LogP contribution < -0.4 is 15.8 Å². The largest absolute Gasteiger partial charge is 0.352 e. The molecule has 7 heteroatoms. The molecule has 0 heterocycles. The molecule has 0 aliphatic heterocycles. The van der Waals surface area contributed by atoms with E-state index >= 15 is 0 Å². The van der Waals surface area contributed by atoms with Gasteiger partial charge in [-0.05, 0) is 25.0 Å². The molecule has 0 bridgehead atoms. The van der Waals surface area contributed by atoms with E-state index in [-0.39, 0.29) is 18.3 Å². The van der Waals surface area contributed by atoms with Gasteiger partial charge in [-0.3, -0.25) is 0 Å². The van der Waals surface area contributed by atoms with Crippen LogP contribution in [-0.2, 0) is 22.3 Å². The lowest BCUT2D eigenvalue weighted by Crippen LogP contribution is -2.31. The van der Waals surface area contributed by atoms with Crippen LogP contribution in [0.25, 0.3) is 0 Å². The summed E-state index contributed by atoms with van der Waals surface area (Å²) in [7, 11) is -3.34. The van der Waals surface area contributed by atoms with Crippen LogP contribution in [0.3, 0.4) is 0 Å². The summed E-state index contributed by atoms with van der Waals surface area (Å²) in [5.41, 5.74) is 6.44. The number of carbonyl (C=O) groups is 1. The maximum Gasteiger partial charge on any atom is 0.312 e. The van der Waals surface area contributed by atoms with Gasteiger partial charge in [-0.25, -0.2) is 17.9 Å². The topological polar surface area (TPSA) is 101 Å². The second-order valence-electron chi connectivity index (χ2n) is 4.57. The molecule has 1 aromatic rings. The highest BCUT2D eigenvalue weighted by Crippen LogP contribution is 2.09. The van der Waals surface area contributed by atoms with Crippen molar-refractivity contribution in [2.75, 3.05) is 0 Å². The highest BCUT2D eigenvalue weighted by molar-refractivity contribution is 7.88. The van der Waals surface area contributed by atoms with Crippen molar-refractivity contribution in [1.29, 1.82) is 0 Å². The maximum atomic E-state index is 11.8. The molecule has 6 nitrogen and oxygen atoms in total. The molecular weight excluding hydrogens is 266 g/mol. The summed E-state index contributed by atoms with van der Waals surface area (Å²) in [6.45, 7) is 3.82. The summed E-state index contributed by atoms with van der Waals surface area (Å²) in [4.78, 5) is 10.6. The molecule has 0 fully saturated rings. The number of rotatable bonds is 6. The second kappa shape index (κ2) is 6.53. The quantitative estimate of drug-likeness (QED) is 0.716. The van der Waals surface area contributed by atoms with Gasteiger partial charge in [-0.2, -0.15) is 0 Å². The Labute approximate surface area is 113 Å². The van der Waals surface area contributed by atoms with Crippen LogP contribution in [0.15, 0.2) is 24.3 Å². The van der Waals surface area contributed by atoms with Crippen LogP contribution in [0.1, 0.15) is 25.0 Å². The molecule has 0 aliphatic rings. The molecule has 0 radical (unpaired) electrons. The van der Waals surface area contributed by atoms with Gasteiger partial charge in [0.25, 0.3) is 0 Å². The normalized spacial score (nSPS) is 11.5. The summed E-state index contributed by atoms with van der Waals surface area (Å²) in [5.74, 6) is -0.0877. The van der Waals surface area contributed by atoms with Crippen molar-refractivity contribution in [2.45, 2.75) is 32.2 Å². The van der Waals surface area contributed by atoms with Crippen LogP contribution in [0.4, 0.5) is 4.79 Å². The minimum absolute atomic E-state index is 0.0877. The Kier molecular flexibility index (Phi) is 5.31. The van der Waals surface area contributed by atoms with Gasteiger partial charge in [0.15, 0.2) is 0 Å². The van der Waals surface area contributed by atoms with Gasteiger partial charge in [0.1, 0.15) is 0 Å². The maximum absolute atomic E-state index is 11.8. The van der Waals surface area contributed by atoms with E-state index < -0.39 is 16.1 Å². The number of hydrogen-bond acceptors (Lipinski definition) is 3. The highest BCUT2D eigenvalue weighted by atomic mass is 32.2. The van der Waals surface area contributed by atoms with Crippen LogP contribution in [0.2, 0.25) is 0 Å². The fraction of sp³-hybridized carbons (Fsp3) is 0.417. The molecule has 0 aliphatic carbocycles. The van der Waals surface area contributed by atoms with E-state index in [2.05, 4.69) is 10.0 Å². The number of primary amides is 1. The number of carbonyl (C=O) groups excluding carboxylic acids is 1. The van der Waals surface area contributed by atoms with Crippen LogP contribution >= 0.6 is 0 Å². The van der Waals surface area contributed by atoms with E-state index in [4.69, 9.17) is 5.73 Å². The van der Waals surface area contributed by atoms with Gasteiger partial charge in [0.05, 0.1) is 5.75 Å². The number of urea groups is 1. The Morgan fingerprint density at radius 3 is 2.53 bits per heavy atom. The molecule has 0 spiro atoms. The average Bonchev–Trinajstić information content (AvgIpc) is 2.24. The van der Waals surface area contributed by atoms with Crippen LogP contribution in [0, 0.1) is 0 Å².